The van der Waals surface area contributed by atoms with Crippen LogP contribution in [0.5, 0.6) is 0 Å². The molecule has 1 aliphatic heterocycles. The molecule has 2 nitrogen and oxygen atoms in total. The average molecular weight is 356 g/mol. The first-order valence-electron chi connectivity index (χ1n) is 6.67. The van der Waals surface area contributed by atoms with Crippen LogP contribution in [0.25, 0.3) is 10.1 Å². The number of amides is 1. The molecule has 2 unspecified atom stereocenters. The monoisotopic (exact) mass is 355 g/mol. The first-order valence-corrected chi connectivity index (χ1v) is 8.40. The molecule has 5 heteroatoms. The Bertz CT molecular complexity index is 656. The van der Waals surface area contributed by atoms with Crippen molar-refractivity contribution < 1.29 is 9.18 Å². The third kappa shape index (κ3) is 2.61. The molecule has 0 N–H and O–H groups in total. The molecule has 0 radical (unpaired) electrons. The van der Waals surface area contributed by atoms with Gasteiger partial charge >= 0.3 is 0 Å². The fourth-order valence-corrected chi connectivity index (χ4v) is 4.00. The van der Waals surface area contributed by atoms with E-state index in [0.29, 0.717) is 15.6 Å². The molecule has 0 saturated carbocycles. The second-order valence-corrected chi connectivity index (χ2v) is 7.59. The van der Waals surface area contributed by atoms with Crippen molar-refractivity contribution in [3.63, 3.8) is 0 Å². The van der Waals surface area contributed by atoms with Gasteiger partial charge in [-0.3, -0.25) is 4.79 Å². The van der Waals surface area contributed by atoms with Crippen LogP contribution in [0, 0.1) is 11.7 Å². The zero-order valence-electron chi connectivity index (χ0n) is 11.1. The van der Waals surface area contributed by atoms with Gasteiger partial charge in [0.05, 0.1) is 4.88 Å². The van der Waals surface area contributed by atoms with E-state index in [9.17, 15) is 9.18 Å². The maximum absolute atomic E-state index is 13.2. The van der Waals surface area contributed by atoms with E-state index in [4.69, 9.17) is 0 Å². The van der Waals surface area contributed by atoms with Crippen LogP contribution in [0.3, 0.4) is 0 Å². The number of piperidine rings is 1. The molecule has 1 aromatic carbocycles. The van der Waals surface area contributed by atoms with E-state index in [2.05, 4.69) is 22.9 Å². The van der Waals surface area contributed by atoms with Crippen molar-refractivity contribution >= 4 is 43.3 Å². The molecule has 1 fully saturated rings. The van der Waals surface area contributed by atoms with Crippen LogP contribution in [0.2, 0.25) is 0 Å². The lowest BCUT2D eigenvalue weighted by Crippen LogP contribution is -2.43. The van der Waals surface area contributed by atoms with Crippen molar-refractivity contribution in [2.24, 2.45) is 5.92 Å². The number of likely N-dealkylation sites (tertiary alicyclic amines) is 1. The van der Waals surface area contributed by atoms with Gasteiger partial charge in [-0.05, 0) is 35.9 Å². The Kier molecular flexibility index (Phi) is 3.82. The van der Waals surface area contributed by atoms with Crippen LogP contribution in [-0.2, 0) is 0 Å². The predicted octanol–water partition coefficient (Wildman–Crippen LogP) is 4.29. The van der Waals surface area contributed by atoms with Gasteiger partial charge in [-0.2, -0.15) is 0 Å². The number of carbonyl (C=O) groups is 1. The third-order valence-electron chi connectivity index (χ3n) is 3.78. The molecule has 1 amide bonds. The summed E-state index contributed by atoms with van der Waals surface area (Å²) in [6.45, 7) is 3.71. The van der Waals surface area contributed by atoms with Crippen molar-refractivity contribution in [2.45, 2.75) is 18.2 Å². The van der Waals surface area contributed by atoms with Crippen LogP contribution >= 0.6 is 27.3 Å². The van der Waals surface area contributed by atoms with E-state index < -0.39 is 0 Å². The summed E-state index contributed by atoms with van der Waals surface area (Å²) in [4.78, 5) is 15.6. The van der Waals surface area contributed by atoms with Gasteiger partial charge in [0, 0.05) is 22.6 Å². The van der Waals surface area contributed by atoms with Gasteiger partial charge < -0.3 is 4.90 Å². The second kappa shape index (κ2) is 5.45. The summed E-state index contributed by atoms with van der Waals surface area (Å²) in [5.41, 5.74) is 0. The summed E-state index contributed by atoms with van der Waals surface area (Å²) in [6, 6.07) is 6.52. The van der Waals surface area contributed by atoms with Crippen molar-refractivity contribution in [2.75, 3.05) is 13.1 Å². The molecule has 2 aromatic rings. The molecule has 20 heavy (non-hydrogen) atoms. The number of thiophene rings is 1. The highest BCUT2D eigenvalue weighted by atomic mass is 79.9. The first-order chi connectivity index (χ1) is 9.54. The smallest absolute Gasteiger partial charge is 0.263 e. The maximum Gasteiger partial charge on any atom is 0.263 e. The number of nitrogens with zero attached hydrogens (tertiary/aromatic N) is 1. The van der Waals surface area contributed by atoms with Gasteiger partial charge in [-0.15, -0.1) is 11.3 Å². The Hall–Kier alpha value is -0.940. The van der Waals surface area contributed by atoms with Crippen molar-refractivity contribution in [1.82, 2.24) is 4.90 Å². The minimum Gasteiger partial charge on any atom is -0.338 e. The van der Waals surface area contributed by atoms with E-state index in [1.54, 1.807) is 6.07 Å². The minimum absolute atomic E-state index is 0.0675. The lowest BCUT2D eigenvalue weighted by atomic mass is 10.00. The minimum atomic E-state index is -0.257. The lowest BCUT2D eigenvalue weighted by molar-refractivity contribution is 0.0695. The van der Waals surface area contributed by atoms with Crippen LogP contribution in [0.1, 0.15) is 23.0 Å². The Balaban J connectivity index is 1.85. The fraction of sp³-hybridized carbons (Fsp3) is 0.400. The molecule has 0 spiro atoms. The van der Waals surface area contributed by atoms with E-state index in [0.717, 1.165) is 29.6 Å². The molecule has 1 aromatic heterocycles. The summed E-state index contributed by atoms with van der Waals surface area (Å²) in [5.74, 6) is 0.268. The largest absolute Gasteiger partial charge is 0.338 e. The first kappa shape index (κ1) is 14.0. The number of fused-ring (bicyclic) bond motifs is 1. The molecular weight excluding hydrogens is 341 g/mol. The van der Waals surface area contributed by atoms with Gasteiger partial charge in [0.25, 0.3) is 5.91 Å². The molecular formula is C15H15BrFNOS. The highest BCUT2D eigenvalue weighted by Crippen LogP contribution is 2.29. The number of alkyl halides is 1. The molecule has 0 bridgehead atoms. The standard InChI is InChI=1S/C15H15BrFNOS/c1-9-8-18(5-4-12(9)16)15(19)14-6-10-2-3-11(17)7-13(10)20-14/h2-3,6-7,9,12H,4-5,8H2,1H3. The van der Waals surface area contributed by atoms with Crippen LogP contribution in [-0.4, -0.2) is 28.7 Å². The molecule has 3 rings (SSSR count). The van der Waals surface area contributed by atoms with E-state index in [1.165, 1.54) is 23.5 Å². The Morgan fingerprint density at radius 1 is 1.45 bits per heavy atom. The van der Waals surface area contributed by atoms with Crippen molar-refractivity contribution in [3.8, 4) is 0 Å². The molecule has 1 aliphatic rings. The molecule has 2 heterocycles. The SMILES string of the molecule is CC1CN(C(=O)c2cc3ccc(F)cc3s2)CCC1Br. The van der Waals surface area contributed by atoms with Crippen molar-refractivity contribution in [1.29, 1.82) is 0 Å². The van der Waals surface area contributed by atoms with E-state index >= 15 is 0 Å². The van der Waals surface area contributed by atoms with Crippen molar-refractivity contribution in [3.05, 3.63) is 35.0 Å². The Morgan fingerprint density at radius 3 is 3.00 bits per heavy atom. The van der Waals surface area contributed by atoms with Gasteiger partial charge in [-0.1, -0.05) is 28.9 Å². The predicted molar refractivity (Wildman–Crippen MR) is 84.2 cm³/mol. The van der Waals surface area contributed by atoms with Crippen LogP contribution in [0.15, 0.2) is 24.3 Å². The van der Waals surface area contributed by atoms with Crippen LogP contribution in [0.4, 0.5) is 4.39 Å². The Labute approximate surface area is 129 Å². The van der Waals surface area contributed by atoms with Gasteiger partial charge in [0.15, 0.2) is 0 Å². The van der Waals surface area contributed by atoms with Gasteiger partial charge in [-0.25, -0.2) is 4.39 Å². The number of hydrogen-bond donors (Lipinski definition) is 0. The number of halogens is 2. The summed E-state index contributed by atoms with van der Waals surface area (Å²) in [7, 11) is 0. The van der Waals surface area contributed by atoms with Crippen LogP contribution < -0.4 is 0 Å². The number of carbonyl (C=O) groups excluding carboxylic acids is 1. The highest BCUT2D eigenvalue weighted by molar-refractivity contribution is 9.09. The number of benzene rings is 1. The molecule has 2 atom stereocenters. The highest BCUT2D eigenvalue weighted by Gasteiger charge is 2.28. The summed E-state index contributed by atoms with van der Waals surface area (Å²) < 4.78 is 14.0. The van der Waals surface area contributed by atoms with Gasteiger partial charge in [0.2, 0.25) is 0 Å². The molecule has 1 saturated heterocycles. The second-order valence-electron chi connectivity index (χ2n) is 5.33. The number of hydrogen-bond acceptors (Lipinski definition) is 2. The van der Waals surface area contributed by atoms with E-state index in [1.807, 2.05) is 11.0 Å². The number of rotatable bonds is 1. The molecule has 106 valence electrons. The topological polar surface area (TPSA) is 20.3 Å². The van der Waals surface area contributed by atoms with Gasteiger partial charge in [0.1, 0.15) is 5.82 Å². The summed E-state index contributed by atoms with van der Waals surface area (Å²) >= 11 is 5.02. The summed E-state index contributed by atoms with van der Waals surface area (Å²) in [6.07, 6.45) is 0.979. The molecule has 0 aliphatic carbocycles. The fourth-order valence-electron chi connectivity index (χ4n) is 2.57. The van der Waals surface area contributed by atoms with E-state index in [-0.39, 0.29) is 11.7 Å². The lowest BCUT2D eigenvalue weighted by Gasteiger charge is -2.34. The average Bonchev–Trinajstić information content (AvgIpc) is 2.84. The third-order valence-corrected chi connectivity index (χ3v) is 6.23. The zero-order chi connectivity index (χ0) is 14.3. The zero-order valence-corrected chi connectivity index (χ0v) is 13.5. The Morgan fingerprint density at radius 2 is 2.25 bits per heavy atom. The maximum atomic E-state index is 13.2. The quantitative estimate of drug-likeness (QED) is 0.699. The normalized spacial score (nSPS) is 23.2. The summed E-state index contributed by atoms with van der Waals surface area (Å²) in [5, 5.41) is 0.933.